The largest absolute Gasteiger partial charge is 0.489 e. The number of rotatable bonds is 7. The predicted molar refractivity (Wildman–Crippen MR) is 130 cm³/mol. The molecule has 162 valence electrons. The summed E-state index contributed by atoms with van der Waals surface area (Å²) in [6, 6.07) is 22.7. The first kappa shape index (κ1) is 22.0. The highest BCUT2D eigenvalue weighted by Crippen LogP contribution is 2.31. The van der Waals surface area contributed by atoms with E-state index in [9.17, 15) is 9.90 Å². The number of ether oxygens (including phenoxy) is 1. The van der Waals surface area contributed by atoms with Crippen LogP contribution in [-0.2, 0) is 13.2 Å². The zero-order valence-electron chi connectivity index (χ0n) is 17.4. The van der Waals surface area contributed by atoms with Crippen molar-refractivity contribution in [3.63, 3.8) is 0 Å². The van der Waals surface area contributed by atoms with Gasteiger partial charge in [-0.1, -0.05) is 65.7 Å². The van der Waals surface area contributed by atoms with Crippen molar-refractivity contribution >= 4 is 45.6 Å². The highest BCUT2D eigenvalue weighted by atomic mass is 35.5. The number of benzene rings is 4. The van der Waals surface area contributed by atoms with Crippen LogP contribution in [0.25, 0.3) is 10.8 Å². The molecular weight excluding hydrogens is 445 g/mol. The minimum atomic E-state index is -0.943. The third-order valence-electron chi connectivity index (χ3n) is 5.40. The number of hydrogen-bond acceptors (Lipinski definition) is 3. The molecule has 0 saturated heterocycles. The predicted octanol–water partition coefficient (Wildman–Crippen LogP) is 7.34. The van der Waals surface area contributed by atoms with Gasteiger partial charge in [-0.3, -0.25) is 0 Å². The minimum Gasteiger partial charge on any atom is -0.489 e. The molecule has 0 aliphatic rings. The fourth-order valence-electron chi connectivity index (χ4n) is 3.67. The molecular formula is C26H21Cl2NO3. The molecule has 4 rings (SSSR count). The van der Waals surface area contributed by atoms with Gasteiger partial charge in [0.25, 0.3) is 0 Å². The van der Waals surface area contributed by atoms with Gasteiger partial charge in [-0.15, -0.1) is 0 Å². The lowest BCUT2D eigenvalue weighted by Crippen LogP contribution is -2.08. The average molecular weight is 466 g/mol. The Hall–Kier alpha value is -3.21. The summed E-state index contributed by atoms with van der Waals surface area (Å²) in [5, 5.41) is 16.0. The van der Waals surface area contributed by atoms with Gasteiger partial charge in [0.1, 0.15) is 12.4 Å². The molecule has 2 N–H and O–H groups in total. The van der Waals surface area contributed by atoms with E-state index in [2.05, 4.69) is 17.4 Å². The summed E-state index contributed by atoms with van der Waals surface area (Å²) in [6.45, 7) is 2.62. The lowest BCUT2D eigenvalue weighted by molar-refractivity contribution is 0.0696. The minimum absolute atomic E-state index is 0.281. The van der Waals surface area contributed by atoms with Gasteiger partial charge in [0.05, 0.1) is 15.6 Å². The van der Waals surface area contributed by atoms with Crippen LogP contribution in [0.1, 0.15) is 27.0 Å². The third kappa shape index (κ3) is 4.67. The lowest BCUT2D eigenvalue weighted by Gasteiger charge is -2.17. The van der Waals surface area contributed by atoms with E-state index in [1.165, 1.54) is 0 Å². The maximum atomic E-state index is 11.5. The second kappa shape index (κ2) is 9.51. The van der Waals surface area contributed by atoms with E-state index in [0.717, 1.165) is 33.3 Å². The highest BCUT2D eigenvalue weighted by molar-refractivity contribution is 6.42. The Morgan fingerprint density at radius 3 is 2.56 bits per heavy atom. The molecule has 0 aromatic heterocycles. The Balaban J connectivity index is 1.64. The molecule has 4 aromatic carbocycles. The van der Waals surface area contributed by atoms with Crippen LogP contribution in [0, 0.1) is 6.92 Å². The molecule has 0 heterocycles. The monoisotopic (exact) mass is 465 g/mol. The second-order valence-electron chi connectivity index (χ2n) is 7.44. The van der Waals surface area contributed by atoms with Gasteiger partial charge in [-0.25, -0.2) is 4.79 Å². The van der Waals surface area contributed by atoms with Crippen LogP contribution in [0.2, 0.25) is 10.0 Å². The normalized spacial score (nSPS) is 10.8. The van der Waals surface area contributed by atoms with Crippen molar-refractivity contribution in [3.8, 4) is 5.75 Å². The summed E-state index contributed by atoms with van der Waals surface area (Å²) in [5.41, 5.74) is 3.65. The van der Waals surface area contributed by atoms with Gasteiger partial charge >= 0.3 is 5.97 Å². The van der Waals surface area contributed by atoms with Crippen molar-refractivity contribution in [2.75, 3.05) is 5.32 Å². The van der Waals surface area contributed by atoms with Crippen LogP contribution in [0.3, 0.4) is 0 Å². The van der Waals surface area contributed by atoms with Gasteiger partial charge in [0, 0.05) is 17.8 Å². The zero-order valence-corrected chi connectivity index (χ0v) is 18.9. The Labute approximate surface area is 196 Å². The molecule has 0 fully saturated rings. The number of nitrogens with one attached hydrogen (secondary N) is 1. The van der Waals surface area contributed by atoms with Crippen LogP contribution in [0.5, 0.6) is 5.75 Å². The molecule has 4 aromatic rings. The van der Waals surface area contributed by atoms with E-state index < -0.39 is 5.97 Å². The van der Waals surface area contributed by atoms with Gasteiger partial charge in [0.2, 0.25) is 0 Å². The molecule has 0 bridgehead atoms. The van der Waals surface area contributed by atoms with Crippen molar-refractivity contribution < 1.29 is 14.6 Å². The Kier molecular flexibility index (Phi) is 6.54. The van der Waals surface area contributed by atoms with Crippen molar-refractivity contribution in [1.82, 2.24) is 0 Å². The fourth-order valence-corrected chi connectivity index (χ4v) is 3.99. The van der Waals surface area contributed by atoms with Crippen LogP contribution in [0.4, 0.5) is 5.69 Å². The van der Waals surface area contributed by atoms with E-state index in [1.807, 2.05) is 36.4 Å². The fraction of sp³-hybridized carbons (Fsp3) is 0.115. The van der Waals surface area contributed by atoms with Gasteiger partial charge in [0.15, 0.2) is 0 Å². The van der Waals surface area contributed by atoms with Gasteiger partial charge in [-0.05, 0) is 59.2 Å². The first-order valence-electron chi connectivity index (χ1n) is 10.1. The topological polar surface area (TPSA) is 58.6 Å². The molecule has 0 amide bonds. The Bertz CT molecular complexity index is 1300. The smallest absolute Gasteiger partial charge is 0.336 e. The summed E-state index contributed by atoms with van der Waals surface area (Å²) in [5.74, 6) is -0.198. The maximum absolute atomic E-state index is 11.5. The third-order valence-corrected chi connectivity index (χ3v) is 6.13. The number of carbonyl (C=O) groups is 1. The molecule has 0 spiro atoms. The van der Waals surface area contributed by atoms with Gasteiger partial charge < -0.3 is 15.2 Å². The van der Waals surface area contributed by atoms with Crippen molar-refractivity contribution in [2.45, 2.75) is 20.1 Å². The van der Waals surface area contributed by atoms with E-state index >= 15 is 0 Å². The second-order valence-corrected chi connectivity index (χ2v) is 8.25. The SMILES string of the molecule is Cc1c(NCc2c(OCc3ccc(Cl)c(Cl)c3)ccc3ccccc23)cccc1C(=O)O. The number of anilines is 1. The van der Waals surface area contributed by atoms with Crippen LogP contribution in [-0.4, -0.2) is 11.1 Å². The van der Waals surface area contributed by atoms with Crippen molar-refractivity contribution in [1.29, 1.82) is 0 Å². The summed E-state index contributed by atoms with van der Waals surface area (Å²) in [7, 11) is 0. The van der Waals surface area contributed by atoms with Gasteiger partial charge in [-0.2, -0.15) is 0 Å². The highest BCUT2D eigenvalue weighted by Gasteiger charge is 2.13. The first-order valence-corrected chi connectivity index (χ1v) is 10.8. The van der Waals surface area contributed by atoms with Crippen LogP contribution in [0.15, 0.2) is 72.8 Å². The molecule has 0 atom stereocenters. The molecule has 0 aliphatic heterocycles. The molecule has 0 aliphatic carbocycles. The average Bonchev–Trinajstić information content (AvgIpc) is 2.79. The summed E-state index contributed by atoms with van der Waals surface area (Å²) in [4.78, 5) is 11.5. The molecule has 0 radical (unpaired) electrons. The van der Waals surface area contributed by atoms with Crippen molar-refractivity contribution in [3.05, 3.63) is 105 Å². The standard InChI is InChI=1S/C26H21Cl2NO3/c1-16-19(26(30)31)7-4-8-24(16)29-14-21-20-6-3-2-5-18(20)10-12-25(21)32-15-17-9-11-22(27)23(28)13-17/h2-13,29H,14-15H2,1H3,(H,30,31). The molecule has 4 nitrogen and oxygen atoms in total. The number of aromatic carboxylic acids is 1. The van der Waals surface area contributed by atoms with E-state index in [0.29, 0.717) is 28.8 Å². The maximum Gasteiger partial charge on any atom is 0.336 e. The zero-order chi connectivity index (χ0) is 22.7. The lowest BCUT2D eigenvalue weighted by atomic mass is 10.0. The number of fused-ring (bicyclic) bond motifs is 1. The van der Waals surface area contributed by atoms with Crippen LogP contribution < -0.4 is 10.1 Å². The molecule has 6 heteroatoms. The summed E-state index contributed by atoms with van der Waals surface area (Å²) in [6.07, 6.45) is 0. The molecule has 32 heavy (non-hydrogen) atoms. The molecule has 0 unspecified atom stereocenters. The number of carboxylic acids is 1. The first-order chi connectivity index (χ1) is 15.4. The Morgan fingerprint density at radius 2 is 1.78 bits per heavy atom. The quantitative estimate of drug-likeness (QED) is 0.299. The molecule has 0 saturated carbocycles. The summed E-state index contributed by atoms with van der Waals surface area (Å²) < 4.78 is 6.17. The Morgan fingerprint density at radius 1 is 0.969 bits per heavy atom. The van der Waals surface area contributed by atoms with Crippen LogP contribution >= 0.6 is 23.2 Å². The van der Waals surface area contributed by atoms with Crippen molar-refractivity contribution in [2.24, 2.45) is 0 Å². The van der Waals surface area contributed by atoms with E-state index in [-0.39, 0.29) is 5.56 Å². The number of hydrogen-bond donors (Lipinski definition) is 2. The van der Waals surface area contributed by atoms with E-state index in [4.69, 9.17) is 27.9 Å². The summed E-state index contributed by atoms with van der Waals surface area (Å²) >= 11 is 12.1. The van der Waals surface area contributed by atoms with E-state index in [1.54, 1.807) is 31.2 Å². The number of carboxylic acid groups (broad SMARTS) is 1. The number of halogens is 2.